The lowest BCUT2D eigenvalue weighted by atomic mass is 10.1. The van der Waals surface area contributed by atoms with Crippen molar-refractivity contribution in [2.75, 3.05) is 14.2 Å². The van der Waals surface area contributed by atoms with Gasteiger partial charge < -0.3 is 20.3 Å². The summed E-state index contributed by atoms with van der Waals surface area (Å²) in [6.45, 7) is 0.468. The van der Waals surface area contributed by atoms with E-state index in [0.29, 0.717) is 30.1 Å². The van der Waals surface area contributed by atoms with Gasteiger partial charge in [-0.25, -0.2) is 28.0 Å². The lowest BCUT2D eigenvalue weighted by Gasteiger charge is -2.07. The molecule has 0 spiro atoms. The van der Waals surface area contributed by atoms with Crippen molar-refractivity contribution in [2.24, 2.45) is 0 Å². The number of hydrogen-bond acceptors (Lipinski definition) is 9. The van der Waals surface area contributed by atoms with Crippen molar-refractivity contribution in [3.63, 3.8) is 0 Å². The zero-order valence-corrected chi connectivity index (χ0v) is 19.6. The topological polar surface area (TPSA) is 156 Å². The van der Waals surface area contributed by atoms with E-state index in [-0.39, 0.29) is 14.7 Å². The molecule has 3 heterocycles. The molecule has 0 aromatic carbocycles. The van der Waals surface area contributed by atoms with Crippen LogP contribution in [0.15, 0.2) is 64.0 Å². The van der Waals surface area contributed by atoms with Crippen molar-refractivity contribution in [3.8, 4) is 17.0 Å². The second-order valence-corrected chi connectivity index (χ2v) is 9.62. The molecule has 3 aromatic rings. The minimum Gasteiger partial charge on any atom is -0.481 e. The van der Waals surface area contributed by atoms with Crippen LogP contribution in [0.4, 0.5) is 4.39 Å². The number of ether oxygens (including phenoxy) is 1. The highest BCUT2D eigenvalue weighted by Gasteiger charge is 2.27. The van der Waals surface area contributed by atoms with E-state index >= 15 is 0 Å². The standard InChI is InChI=1S/C17H16FN3O3S2.C4H4O4/c1-19-9-11-8-14(13-4-3-7-20-16(13)18)17(25-11)26(22,23)12-5-6-15(24-2)21-10-12;5-3(6)1-2-4(7)8/h3-8,10,19H,9H2,1-2H3;1-2H,(H,5,6)(H,7,8). The SMILES string of the molecule is CNCc1cc(-c2cccnc2F)c(S(=O)(=O)c2ccc(OC)nc2)s1.O=C(O)C=CC(=O)O. The van der Waals surface area contributed by atoms with Gasteiger partial charge in [0.05, 0.1) is 12.0 Å². The van der Waals surface area contributed by atoms with Crippen molar-refractivity contribution in [2.45, 2.75) is 15.6 Å². The van der Waals surface area contributed by atoms with Crippen LogP contribution in [0, 0.1) is 5.95 Å². The van der Waals surface area contributed by atoms with E-state index in [0.717, 1.165) is 16.2 Å². The lowest BCUT2D eigenvalue weighted by Crippen LogP contribution is -2.03. The van der Waals surface area contributed by atoms with E-state index in [9.17, 15) is 22.4 Å². The monoisotopic (exact) mass is 509 g/mol. The van der Waals surface area contributed by atoms with Gasteiger partial charge in [0.25, 0.3) is 0 Å². The van der Waals surface area contributed by atoms with Gasteiger partial charge in [-0.1, -0.05) is 0 Å². The molecule has 3 rings (SSSR count). The molecule has 0 aliphatic heterocycles. The summed E-state index contributed by atoms with van der Waals surface area (Å²) >= 11 is 1.10. The molecule has 0 fully saturated rings. The summed E-state index contributed by atoms with van der Waals surface area (Å²) in [6.07, 6.45) is 3.67. The Labute approximate surface area is 198 Å². The number of halogens is 1. The summed E-state index contributed by atoms with van der Waals surface area (Å²) in [5, 5.41) is 18.6. The molecule has 0 aliphatic rings. The van der Waals surface area contributed by atoms with E-state index in [1.54, 1.807) is 19.2 Å². The molecule has 10 nitrogen and oxygen atoms in total. The largest absolute Gasteiger partial charge is 0.481 e. The van der Waals surface area contributed by atoms with Crippen LogP contribution in [-0.2, 0) is 26.0 Å². The summed E-state index contributed by atoms with van der Waals surface area (Å²) in [6, 6.07) is 7.64. The third-order valence-corrected chi connectivity index (χ3v) is 7.40. The van der Waals surface area contributed by atoms with Crippen molar-refractivity contribution in [1.82, 2.24) is 15.3 Å². The summed E-state index contributed by atoms with van der Waals surface area (Å²) in [5.41, 5.74) is 0.438. The Kier molecular flexibility index (Phi) is 9.36. The summed E-state index contributed by atoms with van der Waals surface area (Å²) in [5.74, 6) is -2.92. The molecule has 34 heavy (non-hydrogen) atoms. The highest BCUT2D eigenvalue weighted by atomic mass is 32.2. The van der Waals surface area contributed by atoms with Gasteiger partial charge in [0.15, 0.2) is 0 Å². The molecule has 0 aliphatic carbocycles. The van der Waals surface area contributed by atoms with Gasteiger partial charge in [0.2, 0.25) is 21.7 Å². The molecule has 3 N–H and O–H groups in total. The number of methoxy groups -OCH3 is 1. The van der Waals surface area contributed by atoms with E-state index in [1.807, 2.05) is 0 Å². The quantitative estimate of drug-likeness (QED) is 0.305. The average Bonchev–Trinajstić information content (AvgIpc) is 3.23. The normalized spacial score (nSPS) is 11.0. The molecule has 0 saturated carbocycles. The van der Waals surface area contributed by atoms with Crippen LogP contribution in [0.25, 0.3) is 11.1 Å². The Morgan fingerprint density at radius 1 is 1.15 bits per heavy atom. The number of nitrogens with one attached hydrogen (secondary N) is 1. The van der Waals surface area contributed by atoms with Crippen molar-refractivity contribution in [1.29, 1.82) is 0 Å². The van der Waals surface area contributed by atoms with Gasteiger partial charge >= 0.3 is 11.9 Å². The Morgan fingerprint density at radius 2 is 1.82 bits per heavy atom. The van der Waals surface area contributed by atoms with E-state index in [4.69, 9.17) is 14.9 Å². The fraction of sp³-hybridized carbons (Fsp3) is 0.143. The maximum Gasteiger partial charge on any atom is 0.328 e. The number of aliphatic carboxylic acids is 2. The number of hydrogen-bond donors (Lipinski definition) is 3. The number of carbonyl (C=O) groups is 2. The summed E-state index contributed by atoms with van der Waals surface area (Å²) in [4.78, 5) is 27.5. The Balaban J connectivity index is 0.000000440. The highest BCUT2D eigenvalue weighted by molar-refractivity contribution is 7.93. The van der Waals surface area contributed by atoms with Crippen molar-refractivity contribution < 1.29 is 37.3 Å². The predicted molar refractivity (Wildman–Crippen MR) is 121 cm³/mol. The molecular weight excluding hydrogens is 489 g/mol. The number of pyridine rings is 2. The first-order valence-electron chi connectivity index (χ1n) is 9.37. The molecule has 180 valence electrons. The first-order valence-corrected chi connectivity index (χ1v) is 11.7. The fourth-order valence-electron chi connectivity index (χ4n) is 2.56. The molecule has 0 atom stereocenters. The van der Waals surface area contributed by atoms with Gasteiger partial charge in [-0.2, -0.15) is 4.39 Å². The molecule has 3 aromatic heterocycles. The Morgan fingerprint density at radius 3 is 2.32 bits per heavy atom. The summed E-state index contributed by atoms with van der Waals surface area (Å²) in [7, 11) is -0.676. The second kappa shape index (κ2) is 12.0. The van der Waals surface area contributed by atoms with Crippen LogP contribution < -0.4 is 10.1 Å². The molecule has 0 saturated heterocycles. The van der Waals surface area contributed by atoms with Gasteiger partial charge in [0.1, 0.15) is 4.21 Å². The first kappa shape index (κ1) is 26.6. The Hall–Kier alpha value is -3.68. The van der Waals surface area contributed by atoms with Crippen LogP contribution in [0.2, 0.25) is 0 Å². The molecule has 0 unspecified atom stereocenters. The van der Waals surface area contributed by atoms with Gasteiger partial charge in [0, 0.05) is 53.2 Å². The number of sulfone groups is 1. The number of aromatic nitrogens is 2. The zero-order valence-electron chi connectivity index (χ0n) is 17.9. The van der Waals surface area contributed by atoms with Crippen LogP contribution >= 0.6 is 11.3 Å². The zero-order chi connectivity index (χ0) is 25.3. The predicted octanol–water partition coefficient (Wildman–Crippen LogP) is 2.62. The third-order valence-electron chi connectivity index (χ3n) is 3.99. The van der Waals surface area contributed by atoms with Crippen LogP contribution in [0.5, 0.6) is 5.88 Å². The molecule has 13 heteroatoms. The molecule has 0 amide bonds. The molecule has 0 radical (unpaired) electrons. The van der Waals surface area contributed by atoms with Crippen molar-refractivity contribution in [3.05, 3.63) is 65.7 Å². The molecular formula is C21H20FN3O7S2. The minimum atomic E-state index is -3.88. The number of carboxylic acid groups (broad SMARTS) is 2. The number of carboxylic acids is 2. The van der Waals surface area contributed by atoms with Gasteiger partial charge in [-0.3, -0.25) is 0 Å². The smallest absolute Gasteiger partial charge is 0.328 e. The highest BCUT2D eigenvalue weighted by Crippen LogP contribution is 2.39. The van der Waals surface area contributed by atoms with Crippen LogP contribution in [0.3, 0.4) is 0 Å². The fourth-order valence-corrected chi connectivity index (χ4v) is 5.63. The minimum absolute atomic E-state index is 0.0155. The van der Waals surface area contributed by atoms with Gasteiger partial charge in [-0.05, 0) is 31.3 Å². The lowest BCUT2D eigenvalue weighted by molar-refractivity contribution is -0.134. The maximum atomic E-state index is 14.2. The summed E-state index contributed by atoms with van der Waals surface area (Å²) < 4.78 is 45.5. The second-order valence-electron chi connectivity index (χ2n) is 6.34. The first-order chi connectivity index (χ1) is 16.1. The number of thiophene rings is 1. The van der Waals surface area contributed by atoms with Crippen molar-refractivity contribution >= 4 is 33.1 Å². The van der Waals surface area contributed by atoms with E-state index in [2.05, 4.69) is 15.3 Å². The number of rotatable bonds is 8. The van der Waals surface area contributed by atoms with Gasteiger partial charge in [-0.15, -0.1) is 11.3 Å². The van der Waals surface area contributed by atoms with E-state index in [1.165, 1.54) is 37.7 Å². The van der Waals surface area contributed by atoms with E-state index < -0.39 is 27.7 Å². The van der Waals surface area contributed by atoms with Crippen LogP contribution in [-0.4, -0.2) is 54.7 Å². The Bertz CT molecular complexity index is 1270. The average molecular weight is 510 g/mol. The third kappa shape index (κ3) is 6.91. The number of nitrogens with zero attached hydrogens (tertiary/aromatic N) is 2. The molecule has 0 bridgehead atoms. The van der Waals surface area contributed by atoms with Crippen LogP contribution in [0.1, 0.15) is 4.88 Å². The maximum absolute atomic E-state index is 14.2.